The molecule has 0 aromatic heterocycles. The molecule has 1 saturated heterocycles. The number of hydrogen-bond acceptors (Lipinski definition) is 4. The lowest BCUT2D eigenvalue weighted by atomic mass is 10.2. The van der Waals surface area contributed by atoms with Gasteiger partial charge in [-0.2, -0.15) is 0 Å². The van der Waals surface area contributed by atoms with Crippen LogP contribution in [0, 0.1) is 0 Å². The van der Waals surface area contributed by atoms with Gasteiger partial charge in [0.15, 0.2) is 0 Å². The number of anilines is 1. The number of nitrogens with one attached hydrogen (secondary N) is 1. The van der Waals surface area contributed by atoms with E-state index in [1.165, 1.54) is 4.90 Å². The summed E-state index contributed by atoms with van der Waals surface area (Å²) in [6.07, 6.45) is 0.221. The van der Waals surface area contributed by atoms with Crippen molar-refractivity contribution in [2.24, 2.45) is 0 Å². The predicted octanol–water partition coefficient (Wildman–Crippen LogP) is 1.25. The smallest absolute Gasteiger partial charge is 0.252 e. The predicted molar refractivity (Wildman–Crippen MR) is 67.4 cm³/mol. The van der Waals surface area contributed by atoms with Crippen molar-refractivity contribution in [2.45, 2.75) is 19.4 Å². The van der Waals surface area contributed by atoms with E-state index in [1.54, 1.807) is 26.2 Å². The number of methoxy groups -OCH3 is 1. The molecule has 1 aromatic carbocycles. The molecule has 2 rings (SSSR count). The Kier molecular flexibility index (Phi) is 3.50. The van der Waals surface area contributed by atoms with E-state index >= 15 is 0 Å². The Labute approximate surface area is 106 Å². The van der Waals surface area contributed by atoms with E-state index < -0.39 is 6.04 Å². The number of hydrogen-bond donors (Lipinski definition) is 1. The molecule has 1 fully saturated rings. The highest BCUT2D eigenvalue weighted by atomic mass is 16.5. The molecule has 96 valence electrons. The van der Waals surface area contributed by atoms with Gasteiger partial charge in [-0.1, -0.05) is 0 Å². The van der Waals surface area contributed by atoms with E-state index in [0.29, 0.717) is 6.54 Å². The minimum absolute atomic E-state index is 0.117. The van der Waals surface area contributed by atoms with Gasteiger partial charge in [0.25, 0.3) is 5.91 Å². The second kappa shape index (κ2) is 5.08. The van der Waals surface area contributed by atoms with Gasteiger partial charge < -0.3 is 10.1 Å². The van der Waals surface area contributed by atoms with Gasteiger partial charge in [-0.3, -0.25) is 14.5 Å². The van der Waals surface area contributed by atoms with Gasteiger partial charge >= 0.3 is 0 Å². The number of likely N-dealkylation sites (N-methyl/N-ethyl adjacent to an activating group) is 1. The SMILES string of the molecule is CCN1C(=O)C[C@H](Nc2ccc(OC)cc2)C1=O. The van der Waals surface area contributed by atoms with Gasteiger partial charge in [-0.15, -0.1) is 0 Å². The number of nitrogens with zero attached hydrogens (tertiary/aromatic N) is 1. The first kappa shape index (κ1) is 12.4. The normalized spacial score (nSPS) is 19.2. The third kappa shape index (κ3) is 2.30. The Balaban J connectivity index is 2.05. The van der Waals surface area contributed by atoms with Crippen LogP contribution in [0.15, 0.2) is 24.3 Å². The summed E-state index contributed by atoms with van der Waals surface area (Å²) in [7, 11) is 1.60. The Bertz CT molecular complexity index is 456. The average Bonchev–Trinajstić information content (AvgIpc) is 2.65. The van der Waals surface area contributed by atoms with E-state index in [9.17, 15) is 9.59 Å². The van der Waals surface area contributed by atoms with Crippen LogP contribution in [0.1, 0.15) is 13.3 Å². The van der Waals surface area contributed by atoms with Crippen molar-refractivity contribution in [3.05, 3.63) is 24.3 Å². The molecular weight excluding hydrogens is 232 g/mol. The highest BCUT2D eigenvalue weighted by Crippen LogP contribution is 2.20. The number of benzene rings is 1. The Hall–Kier alpha value is -2.04. The molecule has 5 nitrogen and oxygen atoms in total. The van der Waals surface area contributed by atoms with Gasteiger partial charge in [0.2, 0.25) is 5.91 Å². The third-order valence-corrected chi connectivity index (χ3v) is 2.99. The molecule has 1 aromatic rings. The average molecular weight is 248 g/mol. The van der Waals surface area contributed by atoms with Gasteiger partial charge in [-0.05, 0) is 31.2 Å². The fraction of sp³-hybridized carbons (Fsp3) is 0.385. The van der Waals surface area contributed by atoms with Gasteiger partial charge in [0.1, 0.15) is 11.8 Å². The molecule has 0 radical (unpaired) electrons. The van der Waals surface area contributed by atoms with Crippen molar-refractivity contribution in [3.63, 3.8) is 0 Å². The molecule has 0 spiro atoms. The number of amides is 2. The fourth-order valence-corrected chi connectivity index (χ4v) is 2.02. The second-order valence-electron chi connectivity index (χ2n) is 4.11. The molecule has 1 N–H and O–H groups in total. The number of rotatable bonds is 4. The van der Waals surface area contributed by atoms with E-state index in [1.807, 2.05) is 12.1 Å². The van der Waals surface area contributed by atoms with E-state index in [0.717, 1.165) is 11.4 Å². The van der Waals surface area contributed by atoms with Crippen LogP contribution in [-0.4, -0.2) is 36.4 Å². The maximum atomic E-state index is 11.9. The van der Waals surface area contributed by atoms with Crippen molar-refractivity contribution in [3.8, 4) is 5.75 Å². The van der Waals surface area contributed by atoms with E-state index in [-0.39, 0.29) is 18.2 Å². The summed E-state index contributed by atoms with van der Waals surface area (Å²) in [5.41, 5.74) is 0.805. The first-order chi connectivity index (χ1) is 8.65. The zero-order valence-corrected chi connectivity index (χ0v) is 10.5. The van der Waals surface area contributed by atoms with Gasteiger partial charge in [-0.25, -0.2) is 0 Å². The van der Waals surface area contributed by atoms with Crippen molar-refractivity contribution >= 4 is 17.5 Å². The van der Waals surface area contributed by atoms with Gasteiger partial charge in [0, 0.05) is 12.2 Å². The molecule has 1 aliphatic rings. The van der Waals surface area contributed by atoms with Gasteiger partial charge in [0.05, 0.1) is 13.5 Å². The molecule has 1 heterocycles. The summed E-state index contributed by atoms with van der Waals surface area (Å²) in [4.78, 5) is 24.7. The zero-order valence-electron chi connectivity index (χ0n) is 10.5. The molecule has 0 bridgehead atoms. The largest absolute Gasteiger partial charge is 0.497 e. The standard InChI is InChI=1S/C13H16N2O3/c1-3-15-12(16)8-11(13(15)17)14-9-4-6-10(18-2)7-5-9/h4-7,11,14H,3,8H2,1-2H3/t11-/m0/s1. The third-order valence-electron chi connectivity index (χ3n) is 2.99. The highest BCUT2D eigenvalue weighted by Gasteiger charge is 2.37. The summed E-state index contributed by atoms with van der Waals surface area (Å²) >= 11 is 0. The minimum Gasteiger partial charge on any atom is -0.497 e. The van der Waals surface area contributed by atoms with Crippen LogP contribution in [0.3, 0.4) is 0 Å². The minimum atomic E-state index is -0.453. The van der Waals surface area contributed by atoms with Crippen LogP contribution in [0.5, 0.6) is 5.75 Å². The number of ether oxygens (including phenoxy) is 1. The lowest BCUT2D eigenvalue weighted by Crippen LogP contribution is -2.34. The Morgan fingerprint density at radius 3 is 2.50 bits per heavy atom. The van der Waals surface area contributed by atoms with Crippen molar-refractivity contribution in [1.29, 1.82) is 0 Å². The van der Waals surface area contributed by atoms with Crippen LogP contribution in [-0.2, 0) is 9.59 Å². The van der Waals surface area contributed by atoms with Crippen molar-refractivity contribution < 1.29 is 14.3 Å². The monoisotopic (exact) mass is 248 g/mol. The Morgan fingerprint density at radius 2 is 2.00 bits per heavy atom. The van der Waals surface area contributed by atoms with Crippen molar-refractivity contribution in [2.75, 3.05) is 19.0 Å². The highest BCUT2D eigenvalue weighted by molar-refractivity contribution is 6.06. The van der Waals surface area contributed by atoms with E-state index in [2.05, 4.69) is 5.32 Å². The van der Waals surface area contributed by atoms with E-state index in [4.69, 9.17) is 4.74 Å². The molecular formula is C13H16N2O3. The second-order valence-corrected chi connectivity index (χ2v) is 4.11. The number of carbonyl (C=O) groups excluding carboxylic acids is 2. The lowest BCUT2D eigenvalue weighted by Gasteiger charge is -2.14. The summed E-state index contributed by atoms with van der Waals surface area (Å²) in [6, 6.07) is 6.81. The summed E-state index contributed by atoms with van der Waals surface area (Å²) in [5, 5.41) is 3.07. The fourth-order valence-electron chi connectivity index (χ4n) is 2.02. The van der Waals surface area contributed by atoms with Crippen LogP contribution >= 0.6 is 0 Å². The molecule has 5 heteroatoms. The number of likely N-dealkylation sites (tertiary alicyclic amines) is 1. The molecule has 2 amide bonds. The quantitative estimate of drug-likeness (QED) is 0.815. The first-order valence-corrected chi connectivity index (χ1v) is 5.90. The number of carbonyl (C=O) groups is 2. The molecule has 0 unspecified atom stereocenters. The maximum Gasteiger partial charge on any atom is 0.252 e. The first-order valence-electron chi connectivity index (χ1n) is 5.90. The topological polar surface area (TPSA) is 58.6 Å². The van der Waals surface area contributed by atoms with Crippen molar-refractivity contribution in [1.82, 2.24) is 4.90 Å². The zero-order chi connectivity index (χ0) is 13.1. The summed E-state index contributed by atoms with van der Waals surface area (Å²) < 4.78 is 5.05. The molecule has 18 heavy (non-hydrogen) atoms. The van der Waals surface area contributed by atoms with Crippen LogP contribution in [0.4, 0.5) is 5.69 Å². The number of imide groups is 1. The molecule has 1 aliphatic heterocycles. The molecule has 1 atom stereocenters. The van der Waals surface area contributed by atoms with Crippen LogP contribution < -0.4 is 10.1 Å². The molecule has 0 aliphatic carbocycles. The summed E-state index contributed by atoms with van der Waals surface area (Å²) in [6.45, 7) is 2.23. The van der Waals surface area contributed by atoms with Crippen LogP contribution in [0.25, 0.3) is 0 Å². The van der Waals surface area contributed by atoms with Crippen LogP contribution in [0.2, 0.25) is 0 Å². The summed E-state index contributed by atoms with van der Waals surface area (Å²) in [5.74, 6) is 0.483. The Morgan fingerprint density at radius 1 is 1.33 bits per heavy atom. The maximum absolute atomic E-state index is 11.9. The lowest BCUT2D eigenvalue weighted by molar-refractivity contribution is -0.138. The molecule has 0 saturated carbocycles.